The van der Waals surface area contributed by atoms with E-state index in [1.807, 2.05) is 65.6 Å². The fraction of sp³-hybridized carbons (Fsp3) is 0.161. The van der Waals surface area contributed by atoms with Gasteiger partial charge in [-0.05, 0) is 59.5 Å². The van der Waals surface area contributed by atoms with Crippen molar-refractivity contribution in [3.05, 3.63) is 136 Å². The van der Waals surface area contributed by atoms with Gasteiger partial charge in [0.25, 0.3) is 11.8 Å². The largest absolute Gasteiger partial charge is 0.361 e. The van der Waals surface area contributed by atoms with Crippen LogP contribution in [0, 0.1) is 5.82 Å². The summed E-state index contributed by atoms with van der Waals surface area (Å²) in [6.45, 7) is 1.61. The highest BCUT2D eigenvalue weighted by molar-refractivity contribution is 5.99. The van der Waals surface area contributed by atoms with Gasteiger partial charge < -0.3 is 15.1 Å². The summed E-state index contributed by atoms with van der Waals surface area (Å²) >= 11 is 0. The van der Waals surface area contributed by atoms with E-state index in [0.717, 1.165) is 23.2 Å². The molecule has 37 heavy (non-hydrogen) atoms. The maximum atomic E-state index is 13.4. The molecule has 2 amide bonds. The van der Waals surface area contributed by atoms with Crippen LogP contribution < -0.4 is 5.32 Å². The molecule has 6 rings (SSSR count). The summed E-state index contributed by atoms with van der Waals surface area (Å²) < 4.78 is 13.4. The number of amides is 2. The van der Waals surface area contributed by atoms with Crippen LogP contribution in [0.1, 0.15) is 49.1 Å². The fourth-order valence-electron chi connectivity index (χ4n) is 5.23. The highest BCUT2D eigenvalue weighted by Crippen LogP contribution is 2.36. The standard InChI is InChI=1S/C31H26FN3O2/c32-25-14-12-21(13-15-25)19-35-29(27-10-3-4-11-28(27)31(35)37)33-26-9-5-8-23(18-26)30(36)34-17-16-22-6-1-2-7-24(22)20-34/h1-15,18,29,33H,16-17,19-20H2. The van der Waals surface area contributed by atoms with E-state index < -0.39 is 6.17 Å². The molecule has 0 aromatic heterocycles. The zero-order valence-electron chi connectivity index (χ0n) is 20.2. The second-order valence-electron chi connectivity index (χ2n) is 9.52. The lowest BCUT2D eigenvalue weighted by Gasteiger charge is -2.29. The van der Waals surface area contributed by atoms with Gasteiger partial charge in [-0.15, -0.1) is 0 Å². The summed E-state index contributed by atoms with van der Waals surface area (Å²) in [6.07, 6.45) is 0.431. The van der Waals surface area contributed by atoms with Gasteiger partial charge in [0.2, 0.25) is 0 Å². The topological polar surface area (TPSA) is 52.7 Å². The maximum absolute atomic E-state index is 13.4. The Morgan fingerprint density at radius 3 is 2.49 bits per heavy atom. The second kappa shape index (κ2) is 9.54. The predicted molar refractivity (Wildman–Crippen MR) is 140 cm³/mol. The van der Waals surface area contributed by atoms with Crippen LogP contribution in [-0.2, 0) is 19.5 Å². The number of nitrogens with one attached hydrogen (secondary N) is 1. The van der Waals surface area contributed by atoms with Crippen LogP contribution in [0.3, 0.4) is 0 Å². The van der Waals surface area contributed by atoms with Gasteiger partial charge in [-0.25, -0.2) is 4.39 Å². The number of fused-ring (bicyclic) bond motifs is 2. The van der Waals surface area contributed by atoms with Crippen LogP contribution in [0.15, 0.2) is 97.1 Å². The normalized spacial score (nSPS) is 16.4. The SMILES string of the molecule is O=C(c1cccc(NC2c3ccccc3C(=O)N2Cc2ccc(F)cc2)c1)N1CCc2ccccc2C1. The molecule has 4 aromatic carbocycles. The smallest absolute Gasteiger partial charge is 0.256 e. The Labute approximate surface area is 215 Å². The van der Waals surface area contributed by atoms with Gasteiger partial charge in [-0.2, -0.15) is 0 Å². The minimum atomic E-state index is -0.416. The Morgan fingerprint density at radius 2 is 1.65 bits per heavy atom. The summed E-state index contributed by atoms with van der Waals surface area (Å²) in [6, 6.07) is 29.4. The van der Waals surface area contributed by atoms with Crippen LogP contribution >= 0.6 is 0 Å². The van der Waals surface area contributed by atoms with Gasteiger partial charge in [0.1, 0.15) is 12.0 Å². The van der Waals surface area contributed by atoms with Crippen molar-refractivity contribution in [2.45, 2.75) is 25.7 Å². The molecule has 0 saturated carbocycles. The van der Waals surface area contributed by atoms with E-state index in [1.165, 1.54) is 23.3 Å². The number of carbonyl (C=O) groups excluding carboxylic acids is 2. The van der Waals surface area contributed by atoms with E-state index in [0.29, 0.717) is 30.8 Å². The third-order valence-corrected chi connectivity index (χ3v) is 7.16. The first-order chi connectivity index (χ1) is 18.1. The molecule has 1 unspecified atom stereocenters. The van der Waals surface area contributed by atoms with Crippen molar-refractivity contribution in [2.24, 2.45) is 0 Å². The van der Waals surface area contributed by atoms with Crippen molar-refractivity contribution in [1.82, 2.24) is 9.80 Å². The van der Waals surface area contributed by atoms with E-state index in [1.54, 1.807) is 17.0 Å². The van der Waals surface area contributed by atoms with Crippen molar-refractivity contribution in [2.75, 3.05) is 11.9 Å². The molecule has 0 aliphatic carbocycles. The van der Waals surface area contributed by atoms with Crippen molar-refractivity contribution < 1.29 is 14.0 Å². The molecule has 0 saturated heterocycles. The van der Waals surface area contributed by atoms with E-state index in [-0.39, 0.29) is 17.6 Å². The maximum Gasteiger partial charge on any atom is 0.256 e. The summed E-state index contributed by atoms with van der Waals surface area (Å²) in [4.78, 5) is 30.3. The highest BCUT2D eigenvalue weighted by Gasteiger charge is 2.36. The number of rotatable bonds is 5. The third kappa shape index (κ3) is 4.47. The van der Waals surface area contributed by atoms with Crippen LogP contribution in [0.4, 0.5) is 10.1 Å². The van der Waals surface area contributed by atoms with Crippen LogP contribution in [0.5, 0.6) is 0 Å². The molecule has 5 nitrogen and oxygen atoms in total. The van der Waals surface area contributed by atoms with Gasteiger partial charge in [0.15, 0.2) is 0 Å². The van der Waals surface area contributed by atoms with Gasteiger partial charge in [-0.1, -0.05) is 60.7 Å². The summed E-state index contributed by atoms with van der Waals surface area (Å²) in [5.74, 6) is -0.408. The van der Waals surface area contributed by atoms with Crippen molar-refractivity contribution in [1.29, 1.82) is 0 Å². The van der Waals surface area contributed by atoms with E-state index in [2.05, 4.69) is 17.4 Å². The van der Waals surface area contributed by atoms with Gasteiger partial charge in [0.05, 0.1) is 0 Å². The Morgan fingerprint density at radius 1 is 0.892 bits per heavy atom. The Balaban J connectivity index is 1.25. The van der Waals surface area contributed by atoms with E-state index in [9.17, 15) is 14.0 Å². The Kier molecular flexibility index (Phi) is 5.93. The molecule has 1 N–H and O–H groups in total. The predicted octanol–water partition coefficient (Wildman–Crippen LogP) is 5.79. The van der Waals surface area contributed by atoms with Crippen molar-refractivity contribution >= 4 is 17.5 Å². The van der Waals surface area contributed by atoms with Crippen molar-refractivity contribution in [3.8, 4) is 0 Å². The zero-order valence-corrected chi connectivity index (χ0v) is 20.2. The zero-order chi connectivity index (χ0) is 25.4. The molecule has 6 heteroatoms. The number of hydrogen-bond acceptors (Lipinski definition) is 3. The van der Waals surface area contributed by atoms with Gasteiger partial charge >= 0.3 is 0 Å². The molecule has 2 heterocycles. The van der Waals surface area contributed by atoms with Gasteiger partial charge in [-0.3, -0.25) is 9.59 Å². The first-order valence-electron chi connectivity index (χ1n) is 12.4. The summed E-state index contributed by atoms with van der Waals surface area (Å²) in [7, 11) is 0. The first kappa shape index (κ1) is 23.0. The molecular formula is C31H26FN3O2. The average molecular weight is 492 g/mol. The quantitative estimate of drug-likeness (QED) is 0.384. The lowest BCUT2D eigenvalue weighted by Crippen LogP contribution is -2.36. The van der Waals surface area contributed by atoms with Gasteiger partial charge in [0, 0.05) is 42.0 Å². The number of carbonyl (C=O) groups is 2. The molecule has 184 valence electrons. The molecule has 4 aromatic rings. The Bertz CT molecular complexity index is 1480. The molecule has 0 radical (unpaired) electrons. The lowest BCUT2D eigenvalue weighted by molar-refractivity contribution is 0.0722. The number of halogens is 1. The molecule has 0 spiro atoms. The number of anilines is 1. The van der Waals surface area contributed by atoms with E-state index in [4.69, 9.17) is 0 Å². The lowest BCUT2D eigenvalue weighted by atomic mass is 9.99. The highest BCUT2D eigenvalue weighted by atomic mass is 19.1. The van der Waals surface area contributed by atoms with Crippen molar-refractivity contribution in [3.63, 3.8) is 0 Å². The molecule has 1 atom stereocenters. The van der Waals surface area contributed by atoms with Crippen LogP contribution in [0.2, 0.25) is 0 Å². The minimum Gasteiger partial charge on any atom is -0.361 e. The summed E-state index contributed by atoms with van der Waals surface area (Å²) in [5.41, 5.74) is 6.19. The Hall–Kier alpha value is -4.45. The fourth-order valence-corrected chi connectivity index (χ4v) is 5.23. The summed E-state index contributed by atoms with van der Waals surface area (Å²) in [5, 5.41) is 3.48. The molecule has 0 fully saturated rings. The minimum absolute atomic E-state index is 0.00998. The second-order valence-corrected chi connectivity index (χ2v) is 9.52. The molecular weight excluding hydrogens is 465 g/mol. The number of hydrogen-bond donors (Lipinski definition) is 1. The molecule has 0 bridgehead atoms. The number of nitrogens with zero attached hydrogens (tertiary/aromatic N) is 2. The third-order valence-electron chi connectivity index (χ3n) is 7.16. The average Bonchev–Trinajstić information content (AvgIpc) is 3.20. The van der Waals surface area contributed by atoms with E-state index >= 15 is 0 Å². The van der Waals surface area contributed by atoms with Crippen LogP contribution in [0.25, 0.3) is 0 Å². The molecule has 2 aliphatic rings. The monoisotopic (exact) mass is 491 g/mol. The number of benzene rings is 4. The first-order valence-corrected chi connectivity index (χ1v) is 12.4. The molecule has 2 aliphatic heterocycles. The van der Waals surface area contributed by atoms with Crippen LogP contribution in [-0.4, -0.2) is 28.2 Å².